The van der Waals surface area contributed by atoms with Gasteiger partial charge in [-0.15, -0.1) is 0 Å². The van der Waals surface area contributed by atoms with E-state index in [0.29, 0.717) is 6.61 Å². The topological polar surface area (TPSA) is 36.8 Å². The van der Waals surface area contributed by atoms with Crippen molar-refractivity contribution in [1.29, 1.82) is 0 Å². The van der Waals surface area contributed by atoms with Gasteiger partial charge >= 0.3 is 0 Å². The normalized spacial score (nSPS) is 14.7. The number of aryl methyl sites for hydroxylation is 1. The third-order valence-corrected chi connectivity index (χ3v) is 6.90. The van der Waals surface area contributed by atoms with Crippen LogP contribution in [0.2, 0.25) is 0 Å². The van der Waals surface area contributed by atoms with Gasteiger partial charge in [-0.2, -0.15) is 5.10 Å². The van der Waals surface area contributed by atoms with Crippen LogP contribution in [-0.2, 0) is 17.7 Å². The Morgan fingerprint density at radius 2 is 1.69 bits per heavy atom. The fourth-order valence-electron chi connectivity index (χ4n) is 4.74. The van der Waals surface area contributed by atoms with Gasteiger partial charge in [-0.1, -0.05) is 37.3 Å². The van der Waals surface area contributed by atoms with Gasteiger partial charge in [0.2, 0.25) is 0 Å². The Balaban J connectivity index is 1.64. The molecule has 0 bridgehead atoms. The summed E-state index contributed by atoms with van der Waals surface area (Å²) in [7, 11) is 1.76. The van der Waals surface area contributed by atoms with Crippen LogP contribution in [0.25, 0.3) is 5.69 Å². The summed E-state index contributed by atoms with van der Waals surface area (Å²) in [5.41, 5.74) is 4.48. The largest absolute Gasteiger partial charge is 0.383 e. The minimum absolute atomic E-state index is 0.234. The van der Waals surface area contributed by atoms with E-state index in [2.05, 4.69) is 58.9 Å². The molecule has 7 heteroatoms. The third-order valence-electron chi connectivity index (χ3n) is 6.90. The number of halogens is 1. The maximum atomic E-state index is 13.7. The number of nitrogens with zero attached hydrogens (tertiary/aromatic N) is 5. The lowest BCUT2D eigenvalue weighted by Gasteiger charge is -2.36. The van der Waals surface area contributed by atoms with E-state index in [1.54, 1.807) is 7.11 Å². The van der Waals surface area contributed by atoms with Crippen LogP contribution >= 0.6 is 0 Å². The second-order valence-corrected chi connectivity index (χ2v) is 9.20. The number of hydrogen-bond donors (Lipinski definition) is 0. The van der Waals surface area contributed by atoms with Crippen molar-refractivity contribution in [3.05, 3.63) is 77.2 Å². The van der Waals surface area contributed by atoms with Crippen molar-refractivity contribution in [2.24, 2.45) is 0 Å². The Bertz CT molecular complexity index is 1050. The van der Waals surface area contributed by atoms with Gasteiger partial charge in [0, 0.05) is 58.5 Å². The monoisotopic (exact) mass is 479 g/mol. The lowest BCUT2D eigenvalue weighted by Crippen LogP contribution is -2.47. The number of methoxy groups -OCH3 is 1. The molecule has 2 aromatic carbocycles. The van der Waals surface area contributed by atoms with Gasteiger partial charge in [-0.25, -0.2) is 9.07 Å². The highest BCUT2D eigenvalue weighted by Gasteiger charge is 2.26. The lowest BCUT2D eigenvalue weighted by molar-refractivity contribution is 0.144. The SMILES string of the molecule is CCN1CCN(c2c(CN(CCOC)CCc3ccccc3)c(C)nn2-c2ccc(F)cc2)CC1. The Kier molecular flexibility index (Phi) is 8.90. The Morgan fingerprint density at radius 1 is 0.971 bits per heavy atom. The number of piperazine rings is 1. The van der Waals surface area contributed by atoms with Crippen LogP contribution < -0.4 is 4.90 Å². The van der Waals surface area contributed by atoms with Crippen LogP contribution in [0, 0.1) is 12.7 Å². The summed E-state index contributed by atoms with van der Waals surface area (Å²) in [6.07, 6.45) is 0.986. The number of anilines is 1. The predicted molar refractivity (Wildman–Crippen MR) is 140 cm³/mol. The summed E-state index contributed by atoms with van der Waals surface area (Å²) in [5, 5.41) is 4.96. The van der Waals surface area contributed by atoms with Gasteiger partial charge in [0.25, 0.3) is 0 Å². The van der Waals surface area contributed by atoms with Crippen molar-refractivity contribution in [3.8, 4) is 5.69 Å². The summed E-state index contributed by atoms with van der Waals surface area (Å²) in [6, 6.07) is 17.3. The van der Waals surface area contributed by atoms with E-state index in [-0.39, 0.29) is 5.82 Å². The summed E-state index contributed by atoms with van der Waals surface area (Å²) < 4.78 is 21.1. The molecule has 3 aromatic rings. The zero-order chi connectivity index (χ0) is 24.6. The molecule has 35 heavy (non-hydrogen) atoms. The number of benzene rings is 2. The smallest absolute Gasteiger partial charge is 0.137 e. The predicted octanol–water partition coefficient (Wildman–Crippen LogP) is 4.15. The fraction of sp³-hybridized carbons (Fsp3) is 0.464. The van der Waals surface area contributed by atoms with Gasteiger partial charge in [0.05, 0.1) is 18.0 Å². The van der Waals surface area contributed by atoms with Crippen LogP contribution in [-0.4, -0.2) is 79.1 Å². The van der Waals surface area contributed by atoms with Gasteiger partial charge < -0.3 is 14.5 Å². The molecule has 1 aliphatic heterocycles. The van der Waals surface area contributed by atoms with Crippen molar-refractivity contribution in [2.75, 3.05) is 64.4 Å². The number of rotatable bonds is 11. The van der Waals surface area contributed by atoms with E-state index < -0.39 is 0 Å². The average Bonchev–Trinajstić information content (AvgIpc) is 3.22. The summed E-state index contributed by atoms with van der Waals surface area (Å²) in [6.45, 7) is 12.6. The van der Waals surface area contributed by atoms with E-state index in [9.17, 15) is 4.39 Å². The highest BCUT2D eigenvalue weighted by molar-refractivity contribution is 5.55. The highest BCUT2D eigenvalue weighted by Crippen LogP contribution is 2.30. The molecule has 0 saturated carbocycles. The number of aromatic nitrogens is 2. The average molecular weight is 480 g/mol. The maximum absolute atomic E-state index is 13.7. The number of hydrogen-bond acceptors (Lipinski definition) is 5. The summed E-state index contributed by atoms with van der Waals surface area (Å²) >= 11 is 0. The molecule has 0 amide bonds. The molecule has 188 valence electrons. The molecule has 0 atom stereocenters. The minimum atomic E-state index is -0.234. The summed E-state index contributed by atoms with van der Waals surface area (Å²) in [4.78, 5) is 7.39. The molecule has 6 nitrogen and oxygen atoms in total. The van der Waals surface area contributed by atoms with Crippen molar-refractivity contribution >= 4 is 5.82 Å². The van der Waals surface area contributed by atoms with E-state index in [4.69, 9.17) is 9.84 Å². The molecule has 0 spiro atoms. The Hall–Kier alpha value is -2.74. The maximum Gasteiger partial charge on any atom is 0.137 e. The van der Waals surface area contributed by atoms with Crippen LogP contribution in [0.15, 0.2) is 54.6 Å². The first-order valence-electron chi connectivity index (χ1n) is 12.7. The molecule has 1 fully saturated rings. The first-order chi connectivity index (χ1) is 17.1. The molecule has 0 radical (unpaired) electrons. The standard InChI is InChI=1S/C28H38FN5O/c1-4-31-16-18-33(19-17-31)28-27(23(2)30-34(28)26-12-10-25(29)11-13-26)22-32(20-21-35-3)15-14-24-8-6-5-7-9-24/h5-13H,4,14-22H2,1-3H3. The first kappa shape index (κ1) is 25.4. The zero-order valence-electron chi connectivity index (χ0n) is 21.3. The fourth-order valence-corrected chi connectivity index (χ4v) is 4.74. The molecule has 2 heterocycles. The second-order valence-electron chi connectivity index (χ2n) is 9.20. The van der Waals surface area contributed by atoms with Gasteiger partial charge in [-0.05, 0) is 49.7 Å². The van der Waals surface area contributed by atoms with Crippen molar-refractivity contribution in [3.63, 3.8) is 0 Å². The molecule has 0 aliphatic carbocycles. The van der Waals surface area contributed by atoms with Crippen molar-refractivity contribution < 1.29 is 9.13 Å². The quantitative estimate of drug-likeness (QED) is 0.413. The zero-order valence-corrected chi connectivity index (χ0v) is 21.3. The molecular weight excluding hydrogens is 441 g/mol. The molecular formula is C28H38FN5O. The molecule has 1 saturated heterocycles. The first-order valence-corrected chi connectivity index (χ1v) is 12.7. The van der Waals surface area contributed by atoms with E-state index in [1.165, 1.54) is 23.3 Å². The molecule has 4 rings (SSSR count). The molecule has 0 unspecified atom stereocenters. The third kappa shape index (κ3) is 6.48. The Morgan fingerprint density at radius 3 is 2.34 bits per heavy atom. The highest BCUT2D eigenvalue weighted by atomic mass is 19.1. The Labute approximate surface area is 208 Å². The summed E-state index contributed by atoms with van der Waals surface area (Å²) in [5.74, 6) is 0.898. The van der Waals surface area contributed by atoms with E-state index in [1.807, 2.05) is 16.8 Å². The van der Waals surface area contributed by atoms with Crippen molar-refractivity contribution in [2.45, 2.75) is 26.8 Å². The molecule has 0 N–H and O–H groups in total. The second kappa shape index (κ2) is 12.3. The number of likely N-dealkylation sites (N-methyl/N-ethyl adjacent to an activating group) is 1. The van der Waals surface area contributed by atoms with Crippen LogP contribution in [0.4, 0.5) is 10.2 Å². The van der Waals surface area contributed by atoms with Crippen LogP contribution in [0.5, 0.6) is 0 Å². The van der Waals surface area contributed by atoms with E-state index >= 15 is 0 Å². The number of ether oxygens (including phenoxy) is 1. The van der Waals surface area contributed by atoms with Gasteiger partial charge in [0.15, 0.2) is 0 Å². The molecule has 1 aliphatic rings. The minimum Gasteiger partial charge on any atom is -0.383 e. The van der Waals surface area contributed by atoms with Gasteiger partial charge in [-0.3, -0.25) is 4.90 Å². The van der Waals surface area contributed by atoms with Crippen molar-refractivity contribution in [1.82, 2.24) is 19.6 Å². The van der Waals surface area contributed by atoms with Gasteiger partial charge in [0.1, 0.15) is 11.6 Å². The van der Waals surface area contributed by atoms with E-state index in [0.717, 1.165) is 76.0 Å². The van der Waals surface area contributed by atoms with Crippen LogP contribution in [0.3, 0.4) is 0 Å². The van der Waals surface area contributed by atoms with Crippen LogP contribution in [0.1, 0.15) is 23.7 Å². The molecule has 1 aromatic heterocycles. The lowest BCUT2D eigenvalue weighted by atomic mass is 10.1.